The van der Waals surface area contributed by atoms with Crippen molar-refractivity contribution in [2.75, 3.05) is 6.54 Å². The van der Waals surface area contributed by atoms with E-state index in [-0.39, 0.29) is 24.3 Å². The highest BCUT2D eigenvalue weighted by molar-refractivity contribution is 9.10. The lowest BCUT2D eigenvalue weighted by Gasteiger charge is -2.08. The van der Waals surface area contributed by atoms with Gasteiger partial charge in [0.1, 0.15) is 5.69 Å². The lowest BCUT2D eigenvalue weighted by molar-refractivity contribution is -0.121. The molecular weight excluding hydrogens is 286 g/mol. The highest BCUT2D eigenvalue weighted by Crippen LogP contribution is 2.10. The van der Waals surface area contributed by atoms with Gasteiger partial charge in [0.15, 0.2) is 0 Å². The molecule has 0 saturated heterocycles. The topological polar surface area (TPSA) is 74.0 Å². The Bertz CT molecular complexity index is 401. The van der Waals surface area contributed by atoms with Crippen LogP contribution >= 0.6 is 15.9 Å². The van der Waals surface area contributed by atoms with Gasteiger partial charge >= 0.3 is 0 Å². The fourth-order valence-corrected chi connectivity index (χ4v) is 1.62. The Balaban J connectivity index is 2.27. The number of rotatable bonds is 5. The molecule has 0 unspecified atom stereocenters. The lowest BCUT2D eigenvalue weighted by atomic mass is 10.3. The van der Waals surface area contributed by atoms with Gasteiger partial charge < -0.3 is 15.6 Å². The average molecular weight is 302 g/mol. The molecule has 0 fully saturated rings. The normalized spacial score (nSPS) is 10.4. The standard InChI is InChI=1S/C11H16BrN3O2/c1-7(2)15-10(16)3-4-13-11(17)9-5-8(12)6-14-9/h5-7,14H,3-4H2,1-2H3,(H,13,17)(H,15,16). The Labute approximate surface area is 108 Å². The first-order valence-corrected chi connectivity index (χ1v) is 6.20. The fourth-order valence-electron chi connectivity index (χ4n) is 1.28. The third-order valence-electron chi connectivity index (χ3n) is 1.98. The summed E-state index contributed by atoms with van der Waals surface area (Å²) in [6.07, 6.45) is 1.96. The van der Waals surface area contributed by atoms with Gasteiger partial charge in [-0.3, -0.25) is 9.59 Å². The summed E-state index contributed by atoms with van der Waals surface area (Å²) in [7, 11) is 0. The first-order chi connectivity index (χ1) is 7.99. The molecule has 1 heterocycles. The van der Waals surface area contributed by atoms with Crippen LogP contribution in [0, 0.1) is 0 Å². The van der Waals surface area contributed by atoms with E-state index >= 15 is 0 Å². The molecule has 0 bridgehead atoms. The molecule has 1 aromatic rings. The zero-order valence-corrected chi connectivity index (χ0v) is 11.4. The largest absolute Gasteiger partial charge is 0.356 e. The number of aromatic amines is 1. The van der Waals surface area contributed by atoms with Crippen LogP contribution in [0.15, 0.2) is 16.7 Å². The zero-order chi connectivity index (χ0) is 12.8. The summed E-state index contributed by atoms with van der Waals surface area (Å²) < 4.78 is 0.820. The van der Waals surface area contributed by atoms with Gasteiger partial charge in [0, 0.05) is 29.7 Å². The third kappa shape index (κ3) is 5.04. The first-order valence-electron chi connectivity index (χ1n) is 5.40. The van der Waals surface area contributed by atoms with Crippen LogP contribution in [0.25, 0.3) is 0 Å². The minimum atomic E-state index is -0.215. The SMILES string of the molecule is CC(C)NC(=O)CCNC(=O)c1cc(Br)c[nH]1. The van der Waals surface area contributed by atoms with E-state index in [1.807, 2.05) is 13.8 Å². The molecule has 0 saturated carbocycles. The molecule has 0 aliphatic heterocycles. The molecule has 6 heteroatoms. The van der Waals surface area contributed by atoms with Gasteiger partial charge in [-0.15, -0.1) is 0 Å². The fraction of sp³-hybridized carbons (Fsp3) is 0.455. The first kappa shape index (κ1) is 13.8. The molecule has 0 aliphatic carbocycles. The molecule has 17 heavy (non-hydrogen) atoms. The third-order valence-corrected chi connectivity index (χ3v) is 2.44. The van der Waals surface area contributed by atoms with Crippen LogP contribution in [0.2, 0.25) is 0 Å². The second kappa shape index (κ2) is 6.44. The predicted octanol–water partition coefficient (Wildman–Crippen LogP) is 1.42. The van der Waals surface area contributed by atoms with Gasteiger partial charge in [-0.1, -0.05) is 0 Å². The number of halogens is 1. The van der Waals surface area contributed by atoms with Gasteiger partial charge in [-0.25, -0.2) is 0 Å². The van der Waals surface area contributed by atoms with Gasteiger partial charge in [0.05, 0.1) is 0 Å². The van der Waals surface area contributed by atoms with Crippen LogP contribution in [0.4, 0.5) is 0 Å². The van der Waals surface area contributed by atoms with Crippen molar-refractivity contribution < 1.29 is 9.59 Å². The Morgan fingerprint density at radius 2 is 2.18 bits per heavy atom. The molecule has 3 N–H and O–H groups in total. The number of carbonyl (C=O) groups is 2. The Morgan fingerprint density at radius 3 is 2.71 bits per heavy atom. The Hall–Kier alpha value is -1.30. The maximum Gasteiger partial charge on any atom is 0.267 e. The van der Waals surface area contributed by atoms with Gasteiger partial charge in [-0.2, -0.15) is 0 Å². The summed E-state index contributed by atoms with van der Waals surface area (Å²) in [6.45, 7) is 4.12. The van der Waals surface area contributed by atoms with Gasteiger partial charge in [-0.05, 0) is 35.8 Å². The van der Waals surface area contributed by atoms with E-state index in [0.717, 1.165) is 4.47 Å². The molecule has 1 aromatic heterocycles. The molecular formula is C11H16BrN3O2. The number of aromatic nitrogens is 1. The van der Waals surface area contributed by atoms with Crippen LogP contribution in [-0.4, -0.2) is 29.4 Å². The van der Waals surface area contributed by atoms with E-state index in [1.54, 1.807) is 12.3 Å². The van der Waals surface area contributed by atoms with Gasteiger partial charge in [0.25, 0.3) is 5.91 Å². The van der Waals surface area contributed by atoms with Crippen molar-refractivity contribution in [2.45, 2.75) is 26.3 Å². The molecule has 0 aromatic carbocycles. The number of amides is 2. The smallest absolute Gasteiger partial charge is 0.267 e. The van der Waals surface area contributed by atoms with E-state index in [4.69, 9.17) is 0 Å². The van der Waals surface area contributed by atoms with Crippen LogP contribution in [0.3, 0.4) is 0 Å². The minimum Gasteiger partial charge on any atom is -0.356 e. The molecule has 1 rings (SSSR count). The van der Waals surface area contributed by atoms with Crippen LogP contribution in [0.5, 0.6) is 0 Å². The van der Waals surface area contributed by atoms with Crippen molar-refractivity contribution in [3.8, 4) is 0 Å². The summed E-state index contributed by atoms with van der Waals surface area (Å²) in [4.78, 5) is 25.7. The van der Waals surface area contributed by atoms with E-state index in [9.17, 15) is 9.59 Å². The monoisotopic (exact) mass is 301 g/mol. The number of nitrogens with one attached hydrogen (secondary N) is 3. The number of hydrogen-bond acceptors (Lipinski definition) is 2. The summed E-state index contributed by atoms with van der Waals surface area (Å²) in [5.74, 6) is -0.277. The lowest BCUT2D eigenvalue weighted by Crippen LogP contribution is -2.34. The van der Waals surface area contributed by atoms with Gasteiger partial charge in [0.2, 0.25) is 5.91 Å². The molecule has 0 radical (unpaired) electrons. The second-order valence-electron chi connectivity index (χ2n) is 3.96. The zero-order valence-electron chi connectivity index (χ0n) is 9.84. The summed E-state index contributed by atoms with van der Waals surface area (Å²) in [5, 5.41) is 5.42. The van der Waals surface area contributed by atoms with E-state index < -0.39 is 0 Å². The van der Waals surface area contributed by atoms with Crippen molar-refractivity contribution in [3.63, 3.8) is 0 Å². The van der Waals surface area contributed by atoms with Crippen molar-refractivity contribution in [2.24, 2.45) is 0 Å². The van der Waals surface area contributed by atoms with Crippen LogP contribution < -0.4 is 10.6 Å². The van der Waals surface area contributed by atoms with Crippen molar-refractivity contribution in [1.82, 2.24) is 15.6 Å². The van der Waals surface area contributed by atoms with Crippen LogP contribution in [-0.2, 0) is 4.79 Å². The van der Waals surface area contributed by atoms with E-state index in [0.29, 0.717) is 12.2 Å². The van der Waals surface area contributed by atoms with Crippen molar-refractivity contribution in [1.29, 1.82) is 0 Å². The van der Waals surface area contributed by atoms with Crippen molar-refractivity contribution in [3.05, 3.63) is 22.4 Å². The maximum atomic E-state index is 11.6. The van der Waals surface area contributed by atoms with E-state index in [1.165, 1.54) is 0 Å². The Morgan fingerprint density at radius 1 is 1.47 bits per heavy atom. The molecule has 94 valence electrons. The summed E-state index contributed by atoms with van der Waals surface area (Å²) >= 11 is 3.24. The molecule has 0 aliphatic rings. The molecule has 5 nitrogen and oxygen atoms in total. The quantitative estimate of drug-likeness (QED) is 0.769. The number of carbonyl (C=O) groups excluding carboxylic acids is 2. The molecule has 0 spiro atoms. The average Bonchev–Trinajstić information content (AvgIpc) is 2.63. The van der Waals surface area contributed by atoms with Crippen LogP contribution in [0.1, 0.15) is 30.8 Å². The molecule has 2 amide bonds. The van der Waals surface area contributed by atoms with Crippen molar-refractivity contribution >= 4 is 27.7 Å². The van der Waals surface area contributed by atoms with E-state index in [2.05, 4.69) is 31.5 Å². The second-order valence-corrected chi connectivity index (χ2v) is 4.88. The predicted molar refractivity (Wildman–Crippen MR) is 68.7 cm³/mol. The molecule has 0 atom stereocenters. The number of hydrogen-bond donors (Lipinski definition) is 3. The summed E-state index contributed by atoms with van der Waals surface area (Å²) in [6, 6.07) is 1.81. The highest BCUT2D eigenvalue weighted by Gasteiger charge is 2.08. The minimum absolute atomic E-state index is 0.0621. The maximum absolute atomic E-state index is 11.6. The Kier molecular flexibility index (Phi) is 5.21. The summed E-state index contributed by atoms with van der Waals surface area (Å²) in [5.41, 5.74) is 0.473. The number of H-pyrrole nitrogens is 1. The highest BCUT2D eigenvalue weighted by atomic mass is 79.9.